The third-order valence-electron chi connectivity index (χ3n) is 3.24. The summed E-state index contributed by atoms with van der Waals surface area (Å²) in [6.07, 6.45) is 1.35. The summed E-state index contributed by atoms with van der Waals surface area (Å²) in [5.74, 6) is -0.492. The van der Waals surface area contributed by atoms with Gasteiger partial charge in [-0.2, -0.15) is 0 Å². The Hall–Kier alpha value is -2.77. The standard InChI is InChI=1S/C14H18N6O2/c1-10-5-4-6-11(2)14(10)16-12(21)7-19(3)13(22)8-20-9-15-17-18-20/h4-6,9H,7-8H2,1-3H3,(H,16,21). The predicted octanol–water partition coefficient (Wildman–Crippen LogP) is 0.387. The van der Waals surface area contributed by atoms with Gasteiger partial charge in [-0.3, -0.25) is 9.59 Å². The Bertz CT molecular complexity index is 648. The summed E-state index contributed by atoms with van der Waals surface area (Å²) < 4.78 is 1.31. The second kappa shape index (κ2) is 6.79. The lowest BCUT2D eigenvalue weighted by atomic mass is 10.1. The number of amides is 2. The lowest BCUT2D eigenvalue weighted by Crippen LogP contribution is -2.37. The van der Waals surface area contributed by atoms with Crippen LogP contribution in [0.4, 0.5) is 5.69 Å². The molecule has 0 aliphatic rings. The van der Waals surface area contributed by atoms with Crippen molar-refractivity contribution < 1.29 is 9.59 Å². The van der Waals surface area contributed by atoms with Crippen LogP contribution in [-0.2, 0) is 16.1 Å². The van der Waals surface area contributed by atoms with Crippen molar-refractivity contribution in [1.82, 2.24) is 25.1 Å². The van der Waals surface area contributed by atoms with Crippen molar-refractivity contribution in [1.29, 1.82) is 0 Å². The van der Waals surface area contributed by atoms with Gasteiger partial charge < -0.3 is 10.2 Å². The highest BCUT2D eigenvalue weighted by Gasteiger charge is 2.15. The number of aromatic nitrogens is 4. The molecule has 1 aromatic heterocycles. The highest BCUT2D eigenvalue weighted by molar-refractivity contribution is 5.95. The van der Waals surface area contributed by atoms with Gasteiger partial charge in [-0.05, 0) is 35.4 Å². The van der Waals surface area contributed by atoms with Crippen LogP contribution >= 0.6 is 0 Å². The summed E-state index contributed by atoms with van der Waals surface area (Å²) in [6, 6.07) is 5.78. The minimum atomic E-state index is -0.246. The number of hydrogen-bond donors (Lipinski definition) is 1. The average Bonchev–Trinajstić information content (AvgIpc) is 2.96. The summed E-state index contributed by atoms with van der Waals surface area (Å²) >= 11 is 0. The molecular weight excluding hydrogens is 284 g/mol. The summed E-state index contributed by atoms with van der Waals surface area (Å²) in [4.78, 5) is 25.4. The van der Waals surface area contributed by atoms with Crippen LogP contribution in [0.15, 0.2) is 24.5 Å². The molecule has 1 aromatic carbocycles. The smallest absolute Gasteiger partial charge is 0.244 e. The van der Waals surface area contributed by atoms with Crippen molar-refractivity contribution in [3.8, 4) is 0 Å². The second-order valence-electron chi connectivity index (χ2n) is 5.07. The minimum Gasteiger partial charge on any atom is -0.335 e. The van der Waals surface area contributed by atoms with E-state index >= 15 is 0 Å². The Morgan fingerprint density at radius 1 is 1.27 bits per heavy atom. The molecule has 1 heterocycles. The lowest BCUT2D eigenvalue weighted by molar-refractivity contribution is -0.134. The van der Waals surface area contributed by atoms with Crippen molar-refractivity contribution in [2.24, 2.45) is 0 Å². The number of carbonyl (C=O) groups is 2. The van der Waals surface area contributed by atoms with Gasteiger partial charge in [-0.1, -0.05) is 18.2 Å². The number of aryl methyl sites for hydroxylation is 2. The topological polar surface area (TPSA) is 93.0 Å². The van der Waals surface area contributed by atoms with Crippen LogP contribution in [0, 0.1) is 13.8 Å². The Balaban J connectivity index is 1.92. The van der Waals surface area contributed by atoms with E-state index in [1.807, 2.05) is 32.0 Å². The molecule has 8 nitrogen and oxygen atoms in total. The van der Waals surface area contributed by atoms with Crippen molar-refractivity contribution in [2.45, 2.75) is 20.4 Å². The normalized spacial score (nSPS) is 10.3. The largest absolute Gasteiger partial charge is 0.335 e. The summed E-state index contributed by atoms with van der Waals surface area (Å²) in [7, 11) is 1.57. The average molecular weight is 302 g/mol. The number of hydrogen-bond acceptors (Lipinski definition) is 5. The van der Waals surface area contributed by atoms with Crippen LogP contribution in [0.25, 0.3) is 0 Å². The van der Waals surface area contributed by atoms with Crippen LogP contribution < -0.4 is 5.32 Å². The number of rotatable bonds is 5. The van der Waals surface area contributed by atoms with Gasteiger partial charge in [0, 0.05) is 12.7 Å². The van der Waals surface area contributed by atoms with E-state index in [0.29, 0.717) is 0 Å². The van der Waals surface area contributed by atoms with Crippen LogP contribution in [0.1, 0.15) is 11.1 Å². The van der Waals surface area contributed by atoms with Crippen LogP contribution in [0.5, 0.6) is 0 Å². The number of likely N-dealkylation sites (N-methyl/N-ethyl adjacent to an activating group) is 1. The number of nitrogens with one attached hydrogen (secondary N) is 1. The summed E-state index contributed by atoms with van der Waals surface area (Å²) in [6.45, 7) is 3.82. The number of benzene rings is 1. The van der Waals surface area contributed by atoms with Crippen LogP contribution in [0.2, 0.25) is 0 Å². The Labute approximate surface area is 128 Å². The predicted molar refractivity (Wildman–Crippen MR) is 80.0 cm³/mol. The SMILES string of the molecule is Cc1cccc(C)c1NC(=O)CN(C)C(=O)Cn1cnnn1. The Kier molecular flexibility index (Phi) is 4.82. The molecule has 0 unspecified atom stereocenters. The van der Waals surface area contributed by atoms with E-state index < -0.39 is 0 Å². The highest BCUT2D eigenvalue weighted by Crippen LogP contribution is 2.19. The molecule has 2 rings (SSSR count). The first-order valence-corrected chi connectivity index (χ1v) is 6.78. The molecule has 0 aliphatic carbocycles. The second-order valence-corrected chi connectivity index (χ2v) is 5.07. The van der Waals surface area contributed by atoms with Crippen molar-refractivity contribution in [2.75, 3.05) is 18.9 Å². The molecule has 0 aliphatic heterocycles. The molecule has 8 heteroatoms. The van der Waals surface area contributed by atoms with Crippen molar-refractivity contribution >= 4 is 17.5 Å². The molecule has 0 fully saturated rings. The fourth-order valence-corrected chi connectivity index (χ4v) is 2.01. The van der Waals surface area contributed by atoms with E-state index in [0.717, 1.165) is 16.8 Å². The Morgan fingerprint density at radius 3 is 2.55 bits per heavy atom. The molecule has 1 N–H and O–H groups in total. The van der Waals surface area contributed by atoms with Gasteiger partial charge in [-0.15, -0.1) is 5.10 Å². The van der Waals surface area contributed by atoms with Gasteiger partial charge in [0.05, 0.1) is 6.54 Å². The fraction of sp³-hybridized carbons (Fsp3) is 0.357. The Morgan fingerprint density at radius 2 is 1.95 bits per heavy atom. The van der Waals surface area contributed by atoms with Crippen molar-refractivity contribution in [3.05, 3.63) is 35.7 Å². The van der Waals surface area contributed by atoms with E-state index in [9.17, 15) is 9.59 Å². The quantitative estimate of drug-likeness (QED) is 0.862. The molecule has 0 atom stereocenters. The zero-order valence-corrected chi connectivity index (χ0v) is 12.8. The minimum absolute atomic E-state index is 0.000171. The van der Waals surface area contributed by atoms with Gasteiger partial charge in [0.15, 0.2) is 0 Å². The van der Waals surface area contributed by atoms with Gasteiger partial charge >= 0.3 is 0 Å². The molecule has 2 aromatic rings. The fourth-order valence-electron chi connectivity index (χ4n) is 2.01. The van der Waals surface area contributed by atoms with Crippen LogP contribution in [-0.4, -0.2) is 50.5 Å². The number of carbonyl (C=O) groups excluding carboxylic acids is 2. The molecule has 0 bridgehead atoms. The van der Waals surface area contributed by atoms with E-state index in [2.05, 4.69) is 20.8 Å². The molecule has 0 saturated carbocycles. The van der Waals surface area contributed by atoms with Gasteiger partial charge in [0.2, 0.25) is 11.8 Å². The number of nitrogens with zero attached hydrogens (tertiary/aromatic N) is 5. The number of anilines is 1. The number of tetrazole rings is 1. The monoisotopic (exact) mass is 302 g/mol. The third-order valence-corrected chi connectivity index (χ3v) is 3.24. The molecular formula is C14H18N6O2. The first-order valence-electron chi connectivity index (χ1n) is 6.78. The summed E-state index contributed by atoms with van der Waals surface area (Å²) in [5.41, 5.74) is 2.75. The molecule has 116 valence electrons. The maximum absolute atomic E-state index is 12.1. The first-order chi connectivity index (χ1) is 10.5. The first kappa shape index (κ1) is 15.6. The number of para-hydroxylation sites is 1. The lowest BCUT2D eigenvalue weighted by Gasteiger charge is -2.18. The third kappa shape index (κ3) is 3.87. The van der Waals surface area contributed by atoms with E-state index in [1.165, 1.54) is 15.9 Å². The van der Waals surface area contributed by atoms with Crippen molar-refractivity contribution in [3.63, 3.8) is 0 Å². The zero-order valence-electron chi connectivity index (χ0n) is 12.8. The maximum Gasteiger partial charge on any atom is 0.244 e. The zero-order chi connectivity index (χ0) is 16.1. The van der Waals surface area contributed by atoms with Gasteiger partial charge in [0.1, 0.15) is 12.9 Å². The molecule has 0 spiro atoms. The van der Waals surface area contributed by atoms with E-state index in [4.69, 9.17) is 0 Å². The molecule has 0 radical (unpaired) electrons. The van der Waals surface area contributed by atoms with Gasteiger partial charge in [0.25, 0.3) is 0 Å². The maximum atomic E-state index is 12.1. The molecule has 2 amide bonds. The molecule has 0 saturated heterocycles. The summed E-state index contributed by atoms with van der Waals surface area (Å²) in [5, 5.41) is 13.4. The van der Waals surface area contributed by atoms with E-state index in [1.54, 1.807) is 7.05 Å². The molecule has 22 heavy (non-hydrogen) atoms. The van der Waals surface area contributed by atoms with E-state index in [-0.39, 0.29) is 24.9 Å². The highest BCUT2D eigenvalue weighted by atomic mass is 16.2. The van der Waals surface area contributed by atoms with Crippen LogP contribution in [0.3, 0.4) is 0 Å². The van der Waals surface area contributed by atoms with Gasteiger partial charge in [-0.25, -0.2) is 4.68 Å².